The molecule has 1 aliphatic rings. The van der Waals surface area contributed by atoms with E-state index in [1.807, 2.05) is 13.0 Å². The second-order valence-electron chi connectivity index (χ2n) is 8.46. The number of sulfonamides is 1. The van der Waals surface area contributed by atoms with E-state index >= 15 is 0 Å². The van der Waals surface area contributed by atoms with Crippen LogP contribution in [0.3, 0.4) is 0 Å². The second kappa shape index (κ2) is 9.32. The number of carbonyl (C=O) groups excluding carboxylic acids is 1. The predicted octanol–water partition coefficient (Wildman–Crippen LogP) is 2.56. The number of hydrogen-bond acceptors (Lipinski definition) is 6. The molecule has 0 atom stereocenters. The van der Waals surface area contributed by atoms with Crippen LogP contribution >= 0.6 is 0 Å². The maximum atomic E-state index is 13.0. The zero-order valence-electron chi connectivity index (χ0n) is 18.8. The van der Waals surface area contributed by atoms with Crippen molar-refractivity contribution < 1.29 is 13.2 Å². The summed E-state index contributed by atoms with van der Waals surface area (Å²) in [5, 5.41) is 0. The summed E-state index contributed by atoms with van der Waals surface area (Å²) in [7, 11) is -3.65. The summed E-state index contributed by atoms with van der Waals surface area (Å²) in [6.45, 7) is 12.0. The van der Waals surface area contributed by atoms with E-state index < -0.39 is 10.0 Å². The highest BCUT2D eigenvalue weighted by atomic mass is 32.2. The SMILES string of the molecule is Cc1cc(N2CCN(C(=O)c3cccc(S(=O)(=O)NC(C)C)c3)CC2)nc(C(C)C)n1. The minimum atomic E-state index is -3.65. The lowest BCUT2D eigenvalue weighted by Gasteiger charge is -2.35. The number of rotatable bonds is 6. The van der Waals surface area contributed by atoms with Crippen molar-refractivity contribution in [2.75, 3.05) is 31.1 Å². The molecule has 0 spiro atoms. The molecule has 0 aliphatic carbocycles. The summed E-state index contributed by atoms with van der Waals surface area (Å²) in [6.07, 6.45) is 0. The number of benzene rings is 1. The van der Waals surface area contributed by atoms with Crippen LogP contribution in [0.25, 0.3) is 0 Å². The van der Waals surface area contributed by atoms with Gasteiger partial charge in [0.1, 0.15) is 11.6 Å². The van der Waals surface area contributed by atoms with Crippen LogP contribution in [0.5, 0.6) is 0 Å². The number of amides is 1. The maximum Gasteiger partial charge on any atom is 0.254 e. The smallest absolute Gasteiger partial charge is 0.254 e. The molecule has 1 aromatic heterocycles. The molecule has 168 valence electrons. The van der Waals surface area contributed by atoms with Gasteiger partial charge in [0.15, 0.2) is 0 Å². The summed E-state index contributed by atoms with van der Waals surface area (Å²) < 4.78 is 27.4. The molecule has 0 bridgehead atoms. The van der Waals surface area contributed by atoms with Crippen molar-refractivity contribution in [3.8, 4) is 0 Å². The normalized spacial score (nSPS) is 15.1. The predicted molar refractivity (Wildman–Crippen MR) is 121 cm³/mol. The van der Waals surface area contributed by atoms with Gasteiger partial charge in [-0.15, -0.1) is 0 Å². The van der Waals surface area contributed by atoms with Crippen molar-refractivity contribution in [2.45, 2.75) is 51.5 Å². The molecule has 2 aromatic rings. The third-order valence-electron chi connectivity index (χ3n) is 5.05. The van der Waals surface area contributed by atoms with Gasteiger partial charge in [0.2, 0.25) is 10.0 Å². The van der Waals surface area contributed by atoms with E-state index in [1.165, 1.54) is 12.1 Å². The number of anilines is 1. The Hall–Kier alpha value is -2.52. The molecule has 0 radical (unpaired) electrons. The molecule has 1 fully saturated rings. The fraction of sp³-hybridized carbons (Fsp3) is 0.500. The lowest BCUT2D eigenvalue weighted by atomic mass is 10.1. The largest absolute Gasteiger partial charge is 0.353 e. The lowest BCUT2D eigenvalue weighted by Crippen LogP contribution is -2.49. The standard InChI is InChI=1S/C22H31N5O3S/c1-15(2)21-23-17(5)13-20(24-21)26-9-11-27(12-10-26)22(28)18-7-6-8-19(14-18)31(29,30)25-16(3)4/h6-8,13-16,25H,9-12H2,1-5H3. The van der Waals surface area contributed by atoms with Crippen molar-refractivity contribution in [1.29, 1.82) is 0 Å². The van der Waals surface area contributed by atoms with Gasteiger partial charge in [0, 0.05) is 55.5 Å². The number of nitrogens with one attached hydrogen (secondary N) is 1. The van der Waals surface area contributed by atoms with Gasteiger partial charge in [-0.25, -0.2) is 23.1 Å². The summed E-state index contributed by atoms with van der Waals surface area (Å²) in [5.41, 5.74) is 1.31. The fourth-order valence-corrected chi connectivity index (χ4v) is 4.79. The molecule has 2 heterocycles. The molecular formula is C22H31N5O3S. The highest BCUT2D eigenvalue weighted by molar-refractivity contribution is 7.89. The zero-order valence-corrected chi connectivity index (χ0v) is 19.6. The summed E-state index contributed by atoms with van der Waals surface area (Å²) >= 11 is 0. The van der Waals surface area contributed by atoms with Crippen LogP contribution in [0.4, 0.5) is 5.82 Å². The molecule has 0 saturated carbocycles. The van der Waals surface area contributed by atoms with Crippen molar-refractivity contribution in [1.82, 2.24) is 19.6 Å². The van der Waals surface area contributed by atoms with Crippen LogP contribution in [0.1, 0.15) is 55.5 Å². The van der Waals surface area contributed by atoms with Gasteiger partial charge in [0.05, 0.1) is 4.90 Å². The van der Waals surface area contributed by atoms with Crippen LogP contribution in [0, 0.1) is 6.92 Å². The van der Waals surface area contributed by atoms with Gasteiger partial charge in [-0.05, 0) is 39.0 Å². The van der Waals surface area contributed by atoms with Gasteiger partial charge in [-0.1, -0.05) is 19.9 Å². The van der Waals surface area contributed by atoms with E-state index in [2.05, 4.69) is 33.4 Å². The van der Waals surface area contributed by atoms with Gasteiger partial charge in [-0.2, -0.15) is 0 Å². The van der Waals surface area contributed by atoms with E-state index in [0.29, 0.717) is 31.7 Å². The molecule has 0 unspecified atom stereocenters. The van der Waals surface area contributed by atoms with E-state index in [-0.39, 0.29) is 22.8 Å². The monoisotopic (exact) mass is 445 g/mol. The van der Waals surface area contributed by atoms with Crippen LogP contribution in [-0.2, 0) is 10.0 Å². The first-order chi connectivity index (χ1) is 14.6. The number of carbonyl (C=O) groups is 1. The molecule has 1 aliphatic heterocycles. The molecule has 31 heavy (non-hydrogen) atoms. The van der Waals surface area contributed by atoms with Crippen LogP contribution in [0.2, 0.25) is 0 Å². The first-order valence-electron chi connectivity index (χ1n) is 10.6. The van der Waals surface area contributed by atoms with Crippen LogP contribution < -0.4 is 9.62 Å². The van der Waals surface area contributed by atoms with Crippen molar-refractivity contribution in [2.24, 2.45) is 0 Å². The Morgan fingerprint density at radius 2 is 1.71 bits per heavy atom. The average molecular weight is 446 g/mol. The van der Waals surface area contributed by atoms with E-state index in [1.54, 1.807) is 30.9 Å². The van der Waals surface area contributed by atoms with Crippen LogP contribution in [-0.4, -0.2) is 61.4 Å². The summed E-state index contributed by atoms with van der Waals surface area (Å²) in [6, 6.07) is 7.96. The second-order valence-corrected chi connectivity index (χ2v) is 10.2. The van der Waals surface area contributed by atoms with Crippen molar-refractivity contribution >= 4 is 21.7 Å². The molecule has 1 N–H and O–H groups in total. The zero-order chi connectivity index (χ0) is 22.8. The number of hydrogen-bond donors (Lipinski definition) is 1. The first-order valence-corrected chi connectivity index (χ1v) is 12.1. The number of piperazine rings is 1. The first kappa shape index (κ1) is 23.1. The molecule has 9 heteroatoms. The van der Waals surface area contributed by atoms with Crippen molar-refractivity contribution in [3.05, 3.63) is 47.4 Å². The molecule has 3 rings (SSSR count). The summed E-state index contributed by atoms with van der Waals surface area (Å²) in [5.74, 6) is 1.79. The Kier molecular flexibility index (Phi) is 6.96. The number of aryl methyl sites for hydroxylation is 1. The molecule has 1 amide bonds. The molecule has 1 saturated heterocycles. The Balaban J connectivity index is 1.71. The lowest BCUT2D eigenvalue weighted by molar-refractivity contribution is 0.0746. The number of aromatic nitrogens is 2. The molecule has 1 aromatic carbocycles. The highest BCUT2D eigenvalue weighted by Crippen LogP contribution is 2.20. The highest BCUT2D eigenvalue weighted by Gasteiger charge is 2.25. The Labute approximate surface area is 184 Å². The van der Waals surface area contributed by atoms with Gasteiger partial charge in [-0.3, -0.25) is 4.79 Å². The van der Waals surface area contributed by atoms with Crippen molar-refractivity contribution in [3.63, 3.8) is 0 Å². The van der Waals surface area contributed by atoms with Gasteiger partial charge >= 0.3 is 0 Å². The molecule has 8 nitrogen and oxygen atoms in total. The van der Waals surface area contributed by atoms with E-state index in [0.717, 1.165) is 17.3 Å². The minimum absolute atomic E-state index is 0.100. The average Bonchev–Trinajstić information content (AvgIpc) is 2.72. The minimum Gasteiger partial charge on any atom is -0.353 e. The Morgan fingerprint density at radius 3 is 2.32 bits per heavy atom. The van der Waals surface area contributed by atoms with Gasteiger partial charge in [0.25, 0.3) is 5.91 Å². The molecular weight excluding hydrogens is 414 g/mol. The van der Waals surface area contributed by atoms with E-state index in [4.69, 9.17) is 0 Å². The Morgan fingerprint density at radius 1 is 1.03 bits per heavy atom. The van der Waals surface area contributed by atoms with Crippen LogP contribution in [0.15, 0.2) is 35.2 Å². The Bertz CT molecular complexity index is 1040. The fourth-order valence-electron chi connectivity index (χ4n) is 3.49. The third-order valence-corrected chi connectivity index (χ3v) is 6.70. The summed E-state index contributed by atoms with van der Waals surface area (Å²) in [4.78, 5) is 26.2. The van der Waals surface area contributed by atoms with E-state index in [9.17, 15) is 13.2 Å². The van der Waals surface area contributed by atoms with Gasteiger partial charge < -0.3 is 9.80 Å². The third kappa shape index (κ3) is 5.59. The maximum absolute atomic E-state index is 13.0. The quantitative estimate of drug-likeness (QED) is 0.734. The topological polar surface area (TPSA) is 95.5 Å². The number of nitrogens with zero attached hydrogens (tertiary/aromatic N) is 4.